The van der Waals surface area contributed by atoms with E-state index in [1.54, 1.807) is 0 Å². The summed E-state index contributed by atoms with van der Waals surface area (Å²) in [6.07, 6.45) is 1.38. The fourth-order valence-corrected chi connectivity index (χ4v) is 2.14. The van der Waals surface area contributed by atoms with Gasteiger partial charge in [0.1, 0.15) is 11.9 Å². The van der Waals surface area contributed by atoms with Gasteiger partial charge in [-0.25, -0.2) is 0 Å². The van der Waals surface area contributed by atoms with Gasteiger partial charge in [-0.2, -0.15) is 0 Å². The summed E-state index contributed by atoms with van der Waals surface area (Å²) in [4.78, 5) is 0. The molecular formula is C13H19NO. The molecule has 2 heteroatoms. The molecule has 0 spiro atoms. The summed E-state index contributed by atoms with van der Waals surface area (Å²) in [6, 6.07) is 6.95. The lowest BCUT2D eigenvalue weighted by molar-refractivity contribution is 0.254. The molecule has 0 saturated carbocycles. The third-order valence-corrected chi connectivity index (χ3v) is 2.93. The van der Waals surface area contributed by atoms with Crippen LogP contribution in [0.5, 0.6) is 5.75 Å². The molecule has 0 amide bonds. The van der Waals surface area contributed by atoms with Crippen LogP contribution in [0.2, 0.25) is 0 Å². The second-order valence-corrected chi connectivity index (χ2v) is 4.28. The molecule has 82 valence electrons. The normalized spacial score (nSPS) is 20.9. The fourth-order valence-electron chi connectivity index (χ4n) is 2.14. The van der Waals surface area contributed by atoms with E-state index in [1.165, 1.54) is 11.1 Å². The third kappa shape index (κ3) is 2.15. The summed E-state index contributed by atoms with van der Waals surface area (Å²) >= 11 is 0. The van der Waals surface area contributed by atoms with E-state index in [-0.39, 0.29) is 0 Å². The van der Waals surface area contributed by atoms with Crippen LogP contribution >= 0.6 is 0 Å². The molecule has 0 radical (unpaired) electrons. The van der Waals surface area contributed by atoms with Gasteiger partial charge in [0.05, 0.1) is 0 Å². The number of ether oxygens (including phenoxy) is 1. The summed E-state index contributed by atoms with van der Waals surface area (Å²) in [6.45, 7) is 7.46. The van der Waals surface area contributed by atoms with Crippen molar-refractivity contribution in [3.8, 4) is 5.75 Å². The Hall–Kier alpha value is -1.02. The van der Waals surface area contributed by atoms with Gasteiger partial charge in [-0.3, -0.25) is 0 Å². The van der Waals surface area contributed by atoms with Crippen molar-refractivity contribution < 1.29 is 4.74 Å². The maximum absolute atomic E-state index is 5.68. The lowest BCUT2D eigenvalue weighted by Crippen LogP contribution is -2.17. The van der Waals surface area contributed by atoms with Crippen molar-refractivity contribution in [2.75, 3.05) is 6.54 Å². The minimum atomic E-state index is 0.338. The smallest absolute Gasteiger partial charge is 0.123 e. The van der Waals surface area contributed by atoms with Crippen LogP contribution in [-0.2, 0) is 6.42 Å². The van der Waals surface area contributed by atoms with Gasteiger partial charge in [-0.1, -0.05) is 19.1 Å². The number of fused-ring (bicyclic) bond motifs is 1. The third-order valence-electron chi connectivity index (χ3n) is 2.93. The first kappa shape index (κ1) is 10.5. The lowest BCUT2D eigenvalue weighted by atomic mass is 10.0. The Morgan fingerprint density at radius 1 is 1.53 bits per heavy atom. The molecule has 0 saturated heterocycles. The largest absolute Gasteiger partial charge is 0.490 e. The Morgan fingerprint density at radius 2 is 2.33 bits per heavy atom. The van der Waals surface area contributed by atoms with Gasteiger partial charge < -0.3 is 10.1 Å². The maximum atomic E-state index is 5.68. The van der Waals surface area contributed by atoms with Crippen molar-refractivity contribution in [1.29, 1.82) is 0 Å². The fraction of sp³-hybridized carbons (Fsp3) is 0.538. The minimum absolute atomic E-state index is 0.338. The van der Waals surface area contributed by atoms with Crippen molar-refractivity contribution in [2.45, 2.75) is 39.3 Å². The lowest BCUT2D eigenvalue weighted by Gasteiger charge is -2.13. The Kier molecular flexibility index (Phi) is 2.96. The molecule has 1 aliphatic rings. The number of rotatable bonds is 3. The number of hydrogen-bond donors (Lipinski definition) is 1. The van der Waals surface area contributed by atoms with Gasteiger partial charge in [0.2, 0.25) is 0 Å². The number of nitrogens with one attached hydrogen (secondary N) is 1. The Bertz CT molecular complexity index is 348. The molecule has 2 unspecified atom stereocenters. The first-order chi connectivity index (χ1) is 7.20. The van der Waals surface area contributed by atoms with E-state index < -0.39 is 0 Å². The average Bonchev–Trinajstić information content (AvgIpc) is 2.57. The summed E-state index contributed by atoms with van der Waals surface area (Å²) in [5, 5.41) is 3.42. The molecule has 0 fully saturated rings. The second-order valence-electron chi connectivity index (χ2n) is 4.28. The standard InChI is InChI=1S/C13H19NO/c1-4-14-10(3)11-5-6-13-12(8-11)7-9(2)15-13/h5-6,8-10,14H,4,7H2,1-3H3. The van der Waals surface area contributed by atoms with Gasteiger partial charge in [-0.15, -0.1) is 0 Å². The molecule has 1 heterocycles. The van der Waals surface area contributed by atoms with Crippen LogP contribution in [0.25, 0.3) is 0 Å². The Labute approximate surface area is 91.6 Å². The van der Waals surface area contributed by atoms with Crippen LogP contribution < -0.4 is 10.1 Å². The zero-order valence-electron chi connectivity index (χ0n) is 9.71. The highest BCUT2D eigenvalue weighted by atomic mass is 16.5. The molecule has 2 atom stereocenters. The molecule has 0 aliphatic carbocycles. The zero-order chi connectivity index (χ0) is 10.8. The summed E-state index contributed by atoms with van der Waals surface area (Å²) in [5.41, 5.74) is 2.71. The van der Waals surface area contributed by atoms with Gasteiger partial charge in [-0.05, 0) is 37.6 Å². The minimum Gasteiger partial charge on any atom is -0.490 e. The number of benzene rings is 1. The predicted molar refractivity (Wildman–Crippen MR) is 62.3 cm³/mol. The molecule has 1 aromatic rings. The van der Waals surface area contributed by atoms with E-state index in [0.717, 1.165) is 18.7 Å². The topological polar surface area (TPSA) is 21.3 Å². The molecule has 0 bridgehead atoms. The molecule has 1 aliphatic heterocycles. The Balaban J connectivity index is 2.19. The van der Waals surface area contributed by atoms with E-state index in [9.17, 15) is 0 Å². The first-order valence-electron chi connectivity index (χ1n) is 5.73. The second kappa shape index (κ2) is 4.23. The summed E-state index contributed by atoms with van der Waals surface area (Å²) in [7, 11) is 0. The van der Waals surface area contributed by atoms with Crippen LogP contribution in [0, 0.1) is 0 Å². The van der Waals surface area contributed by atoms with Crippen molar-refractivity contribution in [3.63, 3.8) is 0 Å². The highest BCUT2D eigenvalue weighted by Gasteiger charge is 2.19. The average molecular weight is 205 g/mol. The highest BCUT2D eigenvalue weighted by molar-refractivity contribution is 5.41. The number of hydrogen-bond acceptors (Lipinski definition) is 2. The van der Waals surface area contributed by atoms with E-state index in [1.807, 2.05) is 0 Å². The van der Waals surface area contributed by atoms with E-state index in [0.29, 0.717) is 12.1 Å². The van der Waals surface area contributed by atoms with Gasteiger partial charge >= 0.3 is 0 Å². The van der Waals surface area contributed by atoms with Crippen molar-refractivity contribution in [2.24, 2.45) is 0 Å². The molecule has 0 aromatic heterocycles. The molecule has 1 aromatic carbocycles. The monoisotopic (exact) mass is 205 g/mol. The first-order valence-corrected chi connectivity index (χ1v) is 5.73. The van der Waals surface area contributed by atoms with E-state index in [4.69, 9.17) is 4.74 Å². The SMILES string of the molecule is CCNC(C)c1ccc2c(c1)CC(C)O2. The predicted octanol–water partition coefficient (Wildman–Crippen LogP) is 2.68. The molecular weight excluding hydrogens is 186 g/mol. The van der Waals surface area contributed by atoms with Gasteiger partial charge in [0, 0.05) is 12.5 Å². The summed E-state index contributed by atoms with van der Waals surface area (Å²) < 4.78 is 5.68. The zero-order valence-corrected chi connectivity index (χ0v) is 9.71. The van der Waals surface area contributed by atoms with Crippen molar-refractivity contribution in [3.05, 3.63) is 29.3 Å². The van der Waals surface area contributed by atoms with Crippen molar-refractivity contribution in [1.82, 2.24) is 5.32 Å². The summed E-state index contributed by atoms with van der Waals surface area (Å²) in [5.74, 6) is 1.06. The Morgan fingerprint density at radius 3 is 3.07 bits per heavy atom. The van der Waals surface area contributed by atoms with Crippen LogP contribution in [0.1, 0.15) is 37.9 Å². The molecule has 2 rings (SSSR count). The van der Waals surface area contributed by atoms with Crippen LogP contribution in [-0.4, -0.2) is 12.6 Å². The molecule has 2 nitrogen and oxygen atoms in total. The quantitative estimate of drug-likeness (QED) is 0.819. The molecule has 15 heavy (non-hydrogen) atoms. The van der Waals surface area contributed by atoms with E-state index >= 15 is 0 Å². The molecule has 1 N–H and O–H groups in total. The van der Waals surface area contributed by atoms with Gasteiger partial charge in [0.15, 0.2) is 0 Å². The van der Waals surface area contributed by atoms with Crippen molar-refractivity contribution >= 4 is 0 Å². The highest BCUT2D eigenvalue weighted by Crippen LogP contribution is 2.30. The maximum Gasteiger partial charge on any atom is 0.123 e. The van der Waals surface area contributed by atoms with E-state index in [2.05, 4.69) is 44.3 Å². The van der Waals surface area contributed by atoms with Gasteiger partial charge in [0.25, 0.3) is 0 Å². The van der Waals surface area contributed by atoms with Crippen LogP contribution in [0.4, 0.5) is 0 Å². The van der Waals surface area contributed by atoms with Crippen LogP contribution in [0.3, 0.4) is 0 Å². The van der Waals surface area contributed by atoms with Crippen LogP contribution in [0.15, 0.2) is 18.2 Å².